The number of aromatic nitrogens is 2. The van der Waals surface area contributed by atoms with E-state index in [1.807, 2.05) is 6.92 Å². The third-order valence-corrected chi connectivity index (χ3v) is 2.90. The van der Waals surface area contributed by atoms with Crippen LogP contribution in [0.5, 0.6) is 5.75 Å². The number of ether oxygens (including phenoxy) is 1. The van der Waals surface area contributed by atoms with Crippen molar-refractivity contribution in [1.82, 2.24) is 15.3 Å². The van der Waals surface area contributed by atoms with E-state index in [-0.39, 0.29) is 11.9 Å². The summed E-state index contributed by atoms with van der Waals surface area (Å²) in [6.45, 7) is 1.86. The minimum atomic E-state index is -0.334. The molecule has 1 aromatic carbocycles. The smallest absolute Gasteiger partial charge is 0.132 e. The number of hydrogen-bond acceptors (Lipinski definition) is 4. The van der Waals surface area contributed by atoms with Crippen LogP contribution in [0, 0.1) is 12.7 Å². The molecule has 100 valence electrons. The van der Waals surface area contributed by atoms with Gasteiger partial charge in [0.1, 0.15) is 11.6 Å². The molecular weight excluding hydrogens is 245 g/mol. The van der Waals surface area contributed by atoms with Crippen LogP contribution in [-0.2, 0) is 0 Å². The molecule has 1 atom stereocenters. The topological polar surface area (TPSA) is 47.0 Å². The molecule has 0 radical (unpaired) electrons. The summed E-state index contributed by atoms with van der Waals surface area (Å²) >= 11 is 0. The van der Waals surface area contributed by atoms with Gasteiger partial charge in [-0.3, -0.25) is 9.97 Å². The van der Waals surface area contributed by atoms with Gasteiger partial charge in [-0.05, 0) is 20.0 Å². The molecule has 1 aromatic heterocycles. The Kier molecular flexibility index (Phi) is 4.06. The zero-order valence-electron chi connectivity index (χ0n) is 11.1. The molecule has 0 saturated carbocycles. The van der Waals surface area contributed by atoms with Gasteiger partial charge in [0, 0.05) is 17.8 Å². The molecule has 0 spiro atoms. The lowest BCUT2D eigenvalue weighted by Crippen LogP contribution is -2.20. The lowest BCUT2D eigenvalue weighted by molar-refractivity contribution is 0.410. The number of halogens is 1. The molecule has 1 heterocycles. The lowest BCUT2D eigenvalue weighted by atomic mass is 10.0. The minimum Gasteiger partial charge on any atom is -0.497 e. The van der Waals surface area contributed by atoms with Crippen LogP contribution in [0.15, 0.2) is 30.6 Å². The molecule has 0 aliphatic heterocycles. The lowest BCUT2D eigenvalue weighted by Gasteiger charge is -2.17. The molecule has 0 aliphatic rings. The standard InChI is InChI=1S/C14H16FN3O/c1-9-7-18-13(8-17-9)14(16-2)11-5-4-10(19-3)6-12(11)15/h4-8,14,16H,1-3H3. The molecular formula is C14H16FN3O. The fraction of sp³-hybridized carbons (Fsp3) is 0.286. The van der Waals surface area contributed by atoms with Crippen molar-refractivity contribution in [3.8, 4) is 5.75 Å². The van der Waals surface area contributed by atoms with Crippen LogP contribution in [0.3, 0.4) is 0 Å². The van der Waals surface area contributed by atoms with Crippen LogP contribution < -0.4 is 10.1 Å². The Morgan fingerprint density at radius 3 is 2.58 bits per heavy atom. The first-order valence-electron chi connectivity index (χ1n) is 5.95. The zero-order chi connectivity index (χ0) is 13.8. The van der Waals surface area contributed by atoms with Gasteiger partial charge in [-0.1, -0.05) is 6.07 Å². The van der Waals surface area contributed by atoms with Gasteiger partial charge in [-0.15, -0.1) is 0 Å². The summed E-state index contributed by atoms with van der Waals surface area (Å²) < 4.78 is 19.1. The van der Waals surface area contributed by atoms with Crippen LogP contribution in [-0.4, -0.2) is 24.1 Å². The molecule has 0 bridgehead atoms. The van der Waals surface area contributed by atoms with Crippen molar-refractivity contribution >= 4 is 0 Å². The molecule has 19 heavy (non-hydrogen) atoms. The van der Waals surface area contributed by atoms with Crippen molar-refractivity contribution in [2.24, 2.45) is 0 Å². The normalized spacial score (nSPS) is 12.2. The summed E-state index contributed by atoms with van der Waals surface area (Å²) in [4.78, 5) is 8.47. The van der Waals surface area contributed by atoms with Gasteiger partial charge < -0.3 is 10.1 Å². The molecule has 2 aromatic rings. The minimum absolute atomic E-state index is 0.332. The Bertz CT molecular complexity index is 557. The Morgan fingerprint density at radius 2 is 2.05 bits per heavy atom. The van der Waals surface area contributed by atoms with E-state index < -0.39 is 0 Å². The monoisotopic (exact) mass is 261 g/mol. The SMILES string of the molecule is CNC(c1cnc(C)cn1)c1ccc(OC)cc1F. The quantitative estimate of drug-likeness (QED) is 0.917. The summed E-state index contributed by atoms with van der Waals surface area (Å²) in [5.41, 5.74) is 2.02. The fourth-order valence-corrected chi connectivity index (χ4v) is 1.88. The largest absolute Gasteiger partial charge is 0.497 e. The third kappa shape index (κ3) is 2.88. The van der Waals surface area contributed by atoms with Gasteiger partial charge in [0.2, 0.25) is 0 Å². The highest BCUT2D eigenvalue weighted by Gasteiger charge is 2.18. The van der Waals surface area contributed by atoms with Gasteiger partial charge in [-0.2, -0.15) is 0 Å². The molecule has 0 fully saturated rings. The van der Waals surface area contributed by atoms with Crippen molar-refractivity contribution in [1.29, 1.82) is 0 Å². The average molecular weight is 261 g/mol. The summed E-state index contributed by atoms with van der Waals surface area (Å²) in [6, 6.07) is 4.45. The van der Waals surface area contributed by atoms with Gasteiger partial charge in [0.25, 0.3) is 0 Å². The number of nitrogens with one attached hydrogen (secondary N) is 1. The second kappa shape index (κ2) is 5.75. The first-order valence-corrected chi connectivity index (χ1v) is 5.95. The van der Waals surface area contributed by atoms with Crippen molar-refractivity contribution in [2.45, 2.75) is 13.0 Å². The van der Waals surface area contributed by atoms with Gasteiger partial charge in [0.05, 0.1) is 30.7 Å². The van der Waals surface area contributed by atoms with E-state index in [1.165, 1.54) is 13.2 Å². The number of rotatable bonds is 4. The second-order valence-electron chi connectivity index (χ2n) is 4.19. The van der Waals surface area contributed by atoms with E-state index >= 15 is 0 Å². The Labute approximate surface area is 111 Å². The predicted octanol–water partition coefficient (Wildman–Crippen LogP) is 2.24. The second-order valence-corrected chi connectivity index (χ2v) is 4.19. The van der Waals surface area contributed by atoms with Crippen molar-refractivity contribution in [3.05, 3.63) is 53.4 Å². The summed E-state index contributed by atoms with van der Waals surface area (Å²) in [5, 5.41) is 3.05. The molecule has 0 amide bonds. The molecule has 0 aliphatic carbocycles. The molecule has 2 rings (SSSR count). The molecule has 1 unspecified atom stereocenters. The Balaban J connectivity index is 2.39. The number of hydrogen-bond donors (Lipinski definition) is 1. The van der Waals surface area contributed by atoms with Crippen LogP contribution >= 0.6 is 0 Å². The maximum Gasteiger partial charge on any atom is 0.132 e. The first kappa shape index (κ1) is 13.4. The number of nitrogens with zero attached hydrogens (tertiary/aromatic N) is 2. The number of methoxy groups -OCH3 is 1. The van der Waals surface area contributed by atoms with E-state index in [2.05, 4.69) is 15.3 Å². The molecule has 4 nitrogen and oxygen atoms in total. The molecule has 5 heteroatoms. The maximum absolute atomic E-state index is 14.1. The van der Waals surface area contributed by atoms with E-state index in [0.717, 1.165) is 5.69 Å². The van der Waals surface area contributed by atoms with Crippen LogP contribution in [0.1, 0.15) is 23.0 Å². The predicted molar refractivity (Wildman–Crippen MR) is 70.6 cm³/mol. The van der Waals surface area contributed by atoms with E-state index in [9.17, 15) is 4.39 Å². The van der Waals surface area contributed by atoms with E-state index in [0.29, 0.717) is 17.0 Å². The number of benzene rings is 1. The van der Waals surface area contributed by atoms with Crippen LogP contribution in [0.2, 0.25) is 0 Å². The average Bonchev–Trinajstić information content (AvgIpc) is 2.43. The summed E-state index contributed by atoms with van der Waals surface area (Å²) in [6.07, 6.45) is 3.32. The Hall–Kier alpha value is -2.01. The Morgan fingerprint density at radius 1 is 1.26 bits per heavy atom. The van der Waals surface area contributed by atoms with Crippen molar-refractivity contribution in [2.75, 3.05) is 14.2 Å². The molecule has 0 saturated heterocycles. The summed E-state index contributed by atoms with van der Waals surface area (Å²) in [5.74, 6) is 0.159. The van der Waals surface area contributed by atoms with Gasteiger partial charge in [0.15, 0.2) is 0 Å². The zero-order valence-corrected chi connectivity index (χ0v) is 11.1. The highest BCUT2D eigenvalue weighted by Crippen LogP contribution is 2.25. The summed E-state index contributed by atoms with van der Waals surface area (Å²) in [7, 11) is 3.27. The van der Waals surface area contributed by atoms with Gasteiger partial charge in [-0.25, -0.2) is 4.39 Å². The van der Waals surface area contributed by atoms with Crippen LogP contribution in [0.25, 0.3) is 0 Å². The molecule has 1 N–H and O–H groups in total. The van der Waals surface area contributed by atoms with E-state index in [4.69, 9.17) is 4.74 Å². The highest BCUT2D eigenvalue weighted by atomic mass is 19.1. The van der Waals surface area contributed by atoms with Gasteiger partial charge >= 0.3 is 0 Å². The first-order chi connectivity index (χ1) is 9.15. The fourth-order valence-electron chi connectivity index (χ4n) is 1.88. The maximum atomic E-state index is 14.1. The van der Waals surface area contributed by atoms with Crippen molar-refractivity contribution in [3.63, 3.8) is 0 Å². The number of aryl methyl sites for hydroxylation is 1. The van der Waals surface area contributed by atoms with Crippen molar-refractivity contribution < 1.29 is 9.13 Å². The highest BCUT2D eigenvalue weighted by molar-refractivity contribution is 5.34. The van der Waals surface area contributed by atoms with E-state index in [1.54, 1.807) is 31.6 Å². The third-order valence-electron chi connectivity index (χ3n) is 2.90. The van der Waals surface area contributed by atoms with Crippen LogP contribution in [0.4, 0.5) is 4.39 Å².